The lowest BCUT2D eigenvalue weighted by Gasteiger charge is -2.11. The molecule has 1 N–H and O–H groups in total. The van der Waals surface area contributed by atoms with Gasteiger partial charge in [0.05, 0.1) is 11.1 Å². The van der Waals surface area contributed by atoms with E-state index in [0.29, 0.717) is 22.7 Å². The van der Waals surface area contributed by atoms with Crippen LogP contribution in [0.3, 0.4) is 0 Å². The molecule has 0 radical (unpaired) electrons. The molecule has 2 aromatic heterocycles. The molecule has 0 bridgehead atoms. The monoisotopic (exact) mass is 442 g/mol. The molecule has 156 valence electrons. The van der Waals surface area contributed by atoms with Crippen LogP contribution in [-0.2, 0) is 0 Å². The number of benzene rings is 2. The fourth-order valence-electron chi connectivity index (χ4n) is 2.97. The Kier molecular flexibility index (Phi) is 5.35. The molecule has 4 rings (SSSR count). The van der Waals surface area contributed by atoms with E-state index >= 15 is 0 Å². The summed E-state index contributed by atoms with van der Waals surface area (Å²) in [5.74, 6) is -2.21. The molecule has 4 aromatic rings. The third kappa shape index (κ3) is 3.95. The molecule has 0 saturated carbocycles. The average Bonchev–Trinajstić information content (AvgIpc) is 2.76. The minimum atomic E-state index is -0.890. The van der Waals surface area contributed by atoms with Crippen LogP contribution in [0.25, 0.3) is 16.6 Å². The summed E-state index contributed by atoms with van der Waals surface area (Å²) in [6.45, 7) is 0. The van der Waals surface area contributed by atoms with Gasteiger partial charge in [0.2, 0.25) is 5.88 Å². The molecule has 0 saturated heterocycles. The lowest BCUT2D eigenvalue weighted by atomic mass is 10.0. The fourth-order valence-corrected chi connectivity index (χ4v) is 3.18. The van der Waals surface area contributed by atoms with Crippen LogP contribution >= 0.6 is 11.6 Å². The van der Waals surface area contributed by atoms with Crippen molar-refractivity contribution in [2.75, 3.05) is 7.05 Å². The number of hydrogen-bond acceptors (Lipinski definition) is 5. The van der Waals surface area contributed by atoms with Gasteiger partial charge in [-0.2, -0.15) is 4.98 Å². The van der Waals surface area contributed by atoms with Crippen molar-refractivity contribution < 1.29 is 18.3 Å². The molecule has 0 spiro atoms. The Morgan fingerprint density at radius 3 is 2.68 bits per heavy atom. The highest BCUT2D eigenvalue weighted by molar-refractivity contribution is 6.33. The molecule has 2 heterocycles. The molecule has 1 amide bonds. The van der Waals surface area contributed by atoms with E-state index in [0.717, 1.165) is 12.1 Å². The number of rotatable bonds is 4. The van der Waals surface area contributed by atoms with Gasteiger partial charge in [0.25, 0.3) is 11.5 Å². The van der Waals surface area contributed by atoms with Crippen LogP contribution in [0.5, 0.6) is 11.6 Å². The Morgan fingerprint density at radius 2 is 1.94 bits per heavy atom. The van der Waals surface area contributed by atoms with Crippen LogP contribution in [0.15, 0.2) is 59.7 Å². The average molecular weight is 443 g/mol. The summed E-state index contributed by atoms with van der Waals surface area (Å²) in [5, 5.41) is 6.92. The van der Waals surface area contributed by atoms with Gasteiger partial charge in [-0.15, -0.1) is 5.10 Å². The normalized spacial score (nSPS) is 10.8. The Balaban J connectivity index is 1.82. The van der Waals surface area contributed by atoms with Gasteiger partial charge in [-0.1, -0.05) is 11.6 Å². The van der Waals surface area contributed by atoms with Crippen LogP contribution in [0.1, 0.15) is 10.4 Å². The first kappa shape index (κ1) is 20.4. The van der Waals surface area contributed by atoms with Crippen LogP contribution in [-0.4, -0.2) is 27.6 Å². The molecule has 0 aliphatic heterocycles. The van der Waals surface area contributed by atoms with E-state index in [1.54, 1.807) is 0 Å². The summed E-state index contributed by atoms with van der Waals surface area (Å²) in [6.07, 6.45) is 1.17. The molecule has 31 heavy (non-hydrogen) atoms. The van der Waals surface area contributed by atoms with Crippen molar-refractivity contribution in [1.29, 1.82) is 0 Å². The zero-order valence-corrected chi connectivity index (χ0v) is 16.7. The summed E-state index contributed by atoms with van der Waals surface area (Å²) < 4.78 is 33.6. The maximum absolute atomic E-state index is 13.9. The molecule has 0 unspecified atom stereocenters. The highest BCUT2D eigenvalue weighted by Gasteiger charge is 2.17. The topological polar surface area (TPSA) is 85.6 Å². The maximum atomic E-state index is 13.9. The van der Waals surface area contributed by atoms with E-state index in [1.165, 1.54) is 48.2 Å². The van der Waals surface area contributed by atoms with Crippen molar-refractivity contribution in [1.82, 2.24) is 19.9 Å². The van der Waals surface area contributed by atoms with Crippen molar-refractivity contribution in [3.63, 3.8) is 0 Å². The molecule has 10 heteroatoms. The number of carbonyl (C=O) groups excluding carboxylic acids is 1. The summed E-state index contributed by atoms with van der Waals surface area (Å²) in [7, 11) is 1.49. The molecule has 0 atom stereocenters. The van der Waals surface area contributed by atoms with Gasteiger partial charge in [-0.05, 0) is 36.4 Å². The maximum Gasteiger partial charge on any atom is 0.281 e. The molecule has 2 aromatic carbocycles. The zero-order valence-electron chi connectivity index (χ0n) is 15.9. The predicted molar refractivity (Wildman–Crippen MR) is 110 cm³/mol. The second-order valence-electron chi connectivity index (χ2n) is 6.38. The van der Waals surface area contributed by atoms with Gasteiger partial charge in [0.1, 0.15) is 12.1 Å². The standard InChI is InChI=1S/C21H13ClF2N4O3/c1-25-20(29)11-2-4-14(22)13(8-11)19-16-5-7-18(27-28(16)10-26-21(19)30)31-17-6-3-12(23)9-15(17)24/h2-10H,1H3,(H,25,29). The number of amides is 1. The summed E-state index contributed by atoms with van der Waals surface area (Å²) >= 11 is 6.29. The van der Waals surface area contributed by atoms with E-state index < -0.39 is 17.2 Å². The minimum absolute atomic E-state index is 0.0142. The number of aromatic nitrogens is 3. The smallest absolute Gasteiger partial charge is 0.281 e. The lowest BCUT2D eigenvalue weighted by molar-refractivity contribution is 0.0963. The number of carbonyl (C=O) groups is 1. The zero-order chi connectivity index (χ0) is 22.1. The first-order chi connectivity index (χ1) is 14.9. The van der Waals surface area contributed by atoms with E-state index in [2.05, 4.69) is 15.4 Å². The van der Waals surface area contributed by atoms with Crippen molar-refractivity contribution in [2.45, 2.75) is 0 Å². The SMILES string of the molecule is CNC(=O)c1ccc(Cl)c(-c2c(=O)ncn3nc(Oc4ccc(F)cc4F)ccc23)c1. The third-order valence-electron chi connectivity index (χ3n) is 4.42. The summed E-state index contributed by atoms with van der Waals surface area (Å²) in [4.78, 5) is 28.4. The fraction of sp³-hybridized carbons (Fsp3) is 0.0476. The van der Waals surface area contributed by atoms with Crippen molar-refractivity contribution in [3.05, 3.63) is 87.4 Å². The van der Waals surface area contributed by atoms with E-state index in [1.807, 2.05) is 0 Å². The minimum Gasteiger partial charge on any atom is -0.434 e. The molecular formula is C21H13ClF2N4O3. The number of halogens is 3. The summed E-state index contributed by atoms with van der Waals surface area (Å²) in [5.41, 5.74) is 0.505. The third-order valence-corrected chi connectivity index (χ3v) is 4.75. The first-order valence-corrected chi connectivity index (χ1v) is 9.29. The van der Waals surface area contributed by atoms with Crippen molar-refractivity contribution >= 4 is 23.0 Å². The van der Waals surface area contributed by atoms with E-state index in [4.69, 9.17) is 16.3 Å². The number of nitrogens with zero attached hydrogens (tertiary/aromatic N) is 3. The van der Waals surface area contributed by atoms with Crippen molar-refractivity contribution in [2.24, 2.45) is 0 Å². The first-order valence-electron chi connectivity index (χ1n) is 8.91. The van der Waals surface area contributed by atoms with Gasteiger partial charge < -0.3 is 10.1 Å². The lowest BCUT2D eigenvalue weighted by Crippen LogP contribution is -2.18. The Labute approximate surface area is 178 Å². The van der Waals surface area contributed by atoms with Crippen LogP contribution in [0, 0.1) is 11.6 Å². The largest absolute Gasteiger partial charge is 0.434 e. The Bertz CT molecular complexity index is 1390. The Hall–Kier alpha value is -3.85. The van der Waals surface area contributed by atoms with Gasteiger partial charge in [-0.25, -0.2) is 13.3 Å². The van der Waals surface area contributed by atoms with E-state index in [9.17, 15) is 18.4 Å². The number of ether oxygens (including phenoxy) is 1. The second kappa shape index (κ2) is 8.11. The molecular weight excluding hydrogens is 430 g/mol. The van der Waals surface area contributed by atoms with Gasteiger partial charge in [-0.3, -0.25) is 9.59 Å². The molecule has 0 aliphatic carbocycles. The summed E-state index contributed by atoms with van der Waals surface area (Å²) in [6, 6.07) is 10.3. The van der Waals surface area contributed by atoms with Crippen LogP contribution < -0.4 is 15.6 Å². The predicted octanol–water partition coefficient (Wildman–Crippen LogP) is 3.84. The van der Waals surface area contributed by atoms with Crippen LogP contribution in [0.4, 0.5) is 8.78 Å². The second-order valence-corrected chi connectivity index (χ2v) is 6.78. The number of nitrogens with one attached hydrogen (secondary N) is 1. The highest BCUT2D eigenvalue weighted by atomic mass is 35.5. The van der Waals surface area contributed by atoms with Gasteiger partial charge >= 0.3 is 0 Å². The molecule has 0 aliphatic rings. The number of fused-ring (bicyclic) bond motifs is 1. The van der Waals surface area contributed by atoms with Crippen LogP contribution in [0.2, 0.25) is 5.02 Å². The molecule has 7 nitrogen and oxygen atoms in total. The van der Waals surface area contributed by atoms with Gasteiger partial charge in [0, 0.05) is 35.3 Å². The van der Waals surface area contributed by atoms with E-state index in [-0.39, 0.29) is 28.1 Å². The molecule has 0 fully saturated rings. The van der Waals surface area contributed by atoms with Crippen molar-refractivity contribution in [3.8, 4) is 22.8 Å². The highest BCUT2D eigenvalue weighted by Crippen LogP contribution is 2.30. The van der Waals surface area contributed by atoms with Gasteiger partial charge in [0.15, 0.2) is 11.6 Å². The quantitative estimate of drug-likeness (QED) is 0.519. The number of hydrogen-bond donors (Lipinski definition) is 1. The Morgan fingerprint density at radius 1 is 1.13 bits per heavy atom.